The van der Waals surface area contributed by atoms with Crippen molar-refractivity contribution in [2.75, 3.05) is 19.7 Å². The third-order valence-electron chi connectivity index (χ3n) is 3.26. The fraction of sp³-hybridized carbons (Fsp3) is 0.750. The van der Waals surface area contributed by atoms with Crippen molar-refractivity contribution >= 4 is 12.0 Å². The van der Waals surface area contributed by atoms with Gasteiger partial charge in [-0.3, -0.25) is 0 Å². The monoisotopic (exact) mass is 269 g/mol. The molecule has 0 aromatic heterocycles. The molecule has 0 radical (unpaired) electrons. The molecule has 0 bridgehead atoms. The van der Waals surface area contributed by atoms with E-state index in [0.29, 0.717) is 13.0 Å². The van der Waals surface area contributed by atoms with E-state index in [1.54, 1.807) is 6.92 Å². The van der Waals surface area contributed by atoms with Crippen molar-refractivity contribution in [3.63, 3.8) is 0 Å². The highest BCUT2D eigenvalue weighted by molar-refractivity contribution is 5.82. The maximum absolute atomic E-state index is 12.0. The smallest absolute Gasteiger partial charge is 0.326 e. The van der Waals surface area contributed by atoms with Gasteiger partial charge in [0.1, 0.15) is 6.04 Å². The summed E-state index contributed by atoms with van der Waals surface area (Å²) in [6.07, 6.45) is 0.00707. The molecule has 0 aromatic rings. The van der Waals surface area contributed by atoms with Crippen LogP contribution in [-0.4, -0.2) is 53.8 Å². The summed E-state index contributed by atoms with van der Waals surface area (Å²) >= 11 is 0. The standard InChI is InChI=1S/C12H19N3O4/c1-3-8(2)10(11(16)17)14-12(18)15-4-5-19-9(6-13)7-15/h8-10H,3-5,7H2,1-2H3,(H,14,18)(H,16,17)/t8-,9?,10-/m0/s1. The number of nitrogens with zero attached hydrogens (tertiary/aromatic N) is 2. The zero-order chi connectivity index (χ0) is 14.4. The predicted molar refractivity (Wildman–Crippen MR) is 66.3 cm³/mol. The van der Waals surface area contributed by atoms with Gasteiger partial charge in [-0.2, -0.15) is 5.26 Å². The topological polar surface area (TPSA) is 103 Å². The maximum atomic E-state index is 12.0. The van der Waals surface area contributed by atoms with Crippen molar-refractivity contribution in [3.05, 3.63) is 0 Å². The molecule has 2 N–H and O–H groups in total. The van der Waals surface area contributed by atoms with Gasteiger partial charge in [-0.1, -0.05) is 20.3 Å². The van der Waals surface area contributed by atoms with Crippen LogP contribution in [-0.2, 0) is 9.53 Å². The summed E-state index contributed by atoms with van der Waals surface area (Å²) < 4.78 is 5.13. The van der Waals surface area contributed by atoms with Crippen LogP contribution in [0, 0.1) is 17.2 Å². The van der Waals surface area contributed by atoms with Crippen LogP contribution in [0.1, 0.15) is 20.3 Å². The number of morpholine rings is 1. The largest absolute Gasteiger partial charge is 0.480 e. The number of carboxylic acids is 1. The Bertz CT molecular complexity index is 380. The molecule has 3 atom stereocenters. The number of carbonyl (C=O) groups excluding carboxylic acids is 1. The van der Waals surface area contributed by atoms with E-state index in [2.05, 4.69) is 5.32 Å². The van der Waals surface area contributed by atoms with Gasteiger partial charge in [0.25, 0.3) is 0 Å². The van der Waals surface area contributed by atoms with E-state index in [1.165, 1.54) is 4.90 Å². The summed E-state index contributed by atoms with van der Waals surface area (Å²) in [6.45, 7) is 4.45. The van der Waals surface area contributed by atoms with Gasteiger partial charge in [0.05, 0.1) is 19.2 Å². The van der Waals surface area contributed by atoms with E-state index in [9.17, 15) is 9.59 Å². The lowest BCUT2D eigenvalue weighted by Gasteiger charge is -2.31. The van der Waals surface area contributed by atoms with Gasteiger partial charge in [-0.25, -0.2) is 9.59 Å². The lowest BCUT2D eigenvalue weighted by Crippen LogP contribution is -2.54. The van der Waals surface area contributed by atoms with Crippen LogP contribution in [0.25, 0.3) is 0 Å². The maximum Gasteiger partial charge on any atom is 0.326 e. The number of nitriles is 1. The second-order valence-electron chi connectivity index (χ2n) is 4.59. The predicted octanol–water partition coefficient (Wildman–Crippen LogP) is 0.420. The summed E-state index contributed by atoms with van der Waals surface area (Å²) in [4.78, 5) is 24.5. The highest BCUT2D eigenvalue weighted by Gasteiger charge is 2.30. The zero-order valence-corrected chi connectivity index (χ0v) is 11.1. The number of ether oxygens (including phenoxy) is 1. The van der Waals surface area contributed by atoms with E-state index in [1.807, 2.05) is 13.0 Å². The first-order chi connectivity index (χ1) is 8.99. The average Bonchev–Trinajstić information content (AvgIpc) is 2.43. The minimum Gasteiger partial charge on any atom is -0.480 e. The van der Waals surface area contributed by atoms with Crippen molar-refractivity contribution in [2.45, 2.75) is 32.4 Å². The molecule has 1 heterocycles. The molecule has 7 heteroatoms. The molecular formula is C12H19N3O4. The molecule has 0 aliphatic carbocycles. The van der Waals surface area contributed by atoms with Crippen molar-refractivity contribution in [1.29, 1.82) is 5.26 Å². The summed E-state index contributed by atoms with van der Waals surface area (Å²) in [7, 11) is 0. The number of hydrogen-bond donors (Lipinski definition) is 2. The van der Waals surface area contributed by atoms with Crippen LogP contribution < -0.4 is 5.32 Å². The van der Waals surface area contributed by atoms with Crippen LogP contribution in [0.3, 0.4) is 0 Å². The van der Waals surface area contributed by atoms with Crippen LogP contribution >= 0.6 is 0 Å². The van der Waals surface area contributed by atoms with E-state index in [0.717, 1.165) is 0 Å². The lowest BCUT2D eigenvalue weighted by atomic mass is 9.99. The van der Waals surface area contributed by atoms with Crippen LogP contribution in [0.2, 0.25) is 0 Å². The Balaban J connectivity index is 2.62. The van der Waals surface area contributed by atoms with Gasteiger partial charge in [-0.15, -0.1) is 0 Å². The van der Waals surface area contributed by atoms with Gasteiger partial charge in [0, 0.05) is 6.54 Å². The number of carbonyl (C=O) groups is 2. The average molecular weight is 269 g/mol. The SMILES string of the molecule is CC[C@H](C)[C@H](NC(=O)N1CCOC(C#N)C1)C(=O)O. The molecular weight excluding hydrogens is 250 g/mol. The van der Waals surface area contributed by atoms with Crippen molar-refractivity contribution in [3.8, 4) is 6.07 Å². The van der Waals surface area contributed by atoms with Crippen molar-refractivity contribution in [2.24, 2.45) is 5.92 Å². The molecule has 1 saturated heterocycles. The number of rotatable bonds is 4. The van der Waals surface area contributed by atoms with E-state index in [-0.39, 0.29) is 19.1 Å². The third kappa shape index (κ3) is 4.10. The lowest BCUT2D eigenvalue weighted by molar-refractivity contribution is -0.140. The number of aliphatic carboxylic acids is 1. The Morgan fingerprint density at radius 3 is 2.84 bits per heavy atom. The quantitative estimate of drug-likeness (QED) is 0.770. The number of carboxylic acid groups (broad SMARTS) is 1. The molecule has 1 aliphatic heterocycles. The minimum atomic E-state index is -1.05. The molecule has 7 nitrogen and oxygen atoms in total. The summed E-state index contributed by atoms with van der Waals surface area (Å²) in [6, 6.07) is 0.561. The molecule has 0 spiro atoms. The third-order valence-corrected chi connectivity index (χ3v) is 3.26. The molecule has 1 unspecified atom stereocenters. The number of urea groups is 1. The Kier molecular flexibility index (Phi) is 5.57. The highest BCUT2D eigenvalue weighted by Crippen LogP contribution is 2.10. The van der Waals surface area contributed by atoms with Gasteiger partial charge in [-0.05, 0) is 5.92 Å². The molecule has 0 aromatic carbocycles. The fourth-order valence-corrected chi connectivity index (χ4v) is 1.82. The first-order valence-electron chi connectivity index (χ1n) is 6.29. The first-order valence-corrected chi connectivity index (χ1v) is 6.29. The van der Waals surface area contributed by atoms with Gasteiger partial charge >= 0.3 is 12.0 Å². The summed E-state index contributed by atoms with van der Waals surface area (Å²) in [5.41, 5.74) is 0. The van der Waals surface area contributed by atoms with Gasteiger partial charge in [0.15, 0.2) is 6.10 Å². The molecule has 1 rings (SSSR count). The fourth-order valence-electron chi connectivity index (χ4n) is 1.82. The summed E-state index contributed by atoms with van der Waals surface area (Å²) in [5, 5.41) is 20.4. The van der Waals surface area contributed by atoms with E-state index in [4.69, 9.17) is 15.1 Å². The molecule has 1 fully saturated rings. The Morgan fingerprint density at radius 1 is 1.63 bits per heavy atom. The zero-order valence-electron chi connectivity index (χ0n) is 11.1. The Labute approximate surface area is 112 Å². The van der Waals surface area contributed by atoms with Gasteiger partial charge in [0.2, 0.25) is 0 Å². The second-order valence-corrected chi connectivity index (χ2v) is 4.59. The van der Waals surface area contributed by atoms with Gasteiger partial charge < -0.3 is 20.1 Å². The minimum absolute atomic E-state index is 0.158. The molecule has 19 heavy (non-hydrogen) atoms. The molecule has 106 valence electrons. The van der Waals surface area contributed by atoms with Crippen molar-refractivity contribution in [1.82, 2.24) is 10.2 Å². The first kappa shape index (κ1) is 15.2. The normalized spacial score (nSPS) is 22.2. The second kappa shape index (κ2) is 6.95. The van der Waals surface area contributed by atoms with E-state index >= 15 is 0 Å². The number of amides is 2. The van der Waals surface area contributed by atoms with Crippen LogP contribution in [0.15, 0.2) is 0 Å². The highest BCUT2D eigenvalue weighted by atomic mass is 16.5. The number of nitrogens with one attached hydrogen (secondary N) is 1. The van der Waals surface area contributed by atoms with Crippen LogP contribution in [0.4, 0.5) is 4.79 Å². The molecule has 0 saturated carbocycles. The Morgan fingerprint density at radius 2 is 2.32 bits per heavy atom. The molecule has 2 amide bonds. The van der Waals surface area contributed by atoms with Crippen molar-refractivity contribution < 1.29 is 19.4 Å². The Hall–Kier alpha value is -1.81. The molecule has 1 aliphatic rings. The number of hydrogen-bond acceptors (Lipinski definition) is 4. The van der Waals surface area contributed by atoms with Crippen LogP contribution in [0.5, 0.6) is 0 Å². The van der Waals surface area contributed by atoms with E-state index < -0.39 is 24.1 Å². The summed E-state index contributed by atoms with van der Waals surface area (Å²) in [5.74, 6) is -1.21.